The Balaban J connectivity index is 2.07. The topological polar surface area (TPSA) is 43.6 Å². The van der Waals surface area contributed by atoms with E-state index in [1.165, 1.54) is 11.1 Å². The van der Waals surface area contributed by atoms with E-state index in [0.717, 1.165) is 5.82 Å². The van der Waals surface area contributed by atoms with Gasteiger partial charge in [-0.05, 0) is 28.5 Å². The average molecular weight is 343 g/mol. The van der Waals surface area contributed by atoms with Crippen LogP contribution in [0.4, 0.5) is 0 Å². The summed E-state index contributed by atoms with van der Waals surface area (Å²) >= 11 is 3.83. The summed E-state index contributed by atoms with van der Waals surface area (Å²) < 4.78 is 1.86. The first-order valence-electron chi connectivity index (χ1n) is 6.76. The van der Waals surface area contributed by atoms with Gasteiger partial charge in [-0.3, -0.25) is 0 Å². The summed E-state index contributed by atoms with van der Waals surface area (Å²) in [5.41, 5.74) is 2.36. The second-order valence-electron chi connectivity index (χ2n) is 4.84. The van der Waals surface area contributed by atoms with Crippen molar-refractivity contribution >= 4 is 15.9 Å². The summed E-state index contributed by atoms with van der Waals surface area (Å²) in [6, 6.07) is 20.6. The van der Waals surface area contributed by atoms with Crippen molar-refractivity contribution in [3.8, 4) is 0 Å². The van der Waals surface area contributed by atoms with Crippen LogP contribution in [0, 0.1) is 6.92 Å². The molecule has 0 radical (unpaired) electrons. The maximum Gasteiger partial charge on any atom is 0.148 e. The Morgan fingerprint density at radius 1 is 0.905 bits per heavy atom. The van der Waals surface area contributed by atoms with E-state index in [1.54, 1.807) is 0 Å². The summed E-state index contributed by atoms with van der Waals surface area (Å²) in [5.74, 6) is 0.796. The predicted octanol–water partition coefficient (Wildman–Crippen LogP) is 3.71. The lowest BCUT2D eigenvalue weighted by Crippen LogP contribution is -2.18. The van der Waals surface area contributed by atoms with Crippen LogP contribution in [0.2, 0.25) is 0 Å². The fraction of sp³-hybridized carbons (Fsp3) is 0.188. The average Bonchev–Trinajstić information content (AvgIpc) is 2.95. The molecule has 0 fully saturated rings. The number of aryl methyl sites for hydroxylation is 1. The highest BCUT2D eigenvalue weighted by Gasteiger charge is 2.26. The lowest BCUT2D eigenvalue weighted by molar-refractivity contribution is 0.490. The zero-order valence-corrected chi connectivity index (χ0v) is 13.2. The molecular weight excluding hydrogens is 328 g/mol. The molecule has 0 bridgehead atoms. The first kappa shape index (κ1) is 13.9. The summed E-state index contributed by atoms with van der Waals surface area (Å²) in [7, 11) is 0. The zero-order chi connectivity index (χ0) is 14.7. The third kappa shape index (κ3) is 2.88. The van der Waals surface area contributed by atoms with Crippen molar-refractivity contribution in [2.24, 2.45) is 0 Å². The van der Waals surface area contributed by atoms with Gasteiger partial charge in [0, 0.05) is 0 Å². The smallest absolute Gasteiger partial charge is 0.148 e. The number of nitrogens with zero attached hydrogens (tertiary/aromatic N) is 4. The second-order valence-corrected chi connectivity index (χ2v) is 5.83. The Labute approximate surface area is 131 Å². The molecule has 106 valence electrons. The minimum Gasteiger partial charge on any atom is -0.221 e. The molecule has 1 heterocycles. The van der Waals surface area contributed by atoms with Gasteiger partial charge in [0.1, 0.15) is 5.82 Å². The van der Waals surface area contributed by atoms with Crippen molar-refractivity contribution in [1.82, 2.24) is 20.2 Å². The van der Waals surface area contributed by atoms with E-state index in [-0.39, 0.29) is 10.9 Å². The van der Waals surface area contributed by atoms with Crippen LogP contribution in [0.5, 0.6) is 0 Å². The molecule has 0 aliphatic heterocycles. The molecule has 0 unspecified atom stereocenters. The predicted molar refractivity (Wildman–Crippen MR) is 85.2 cm³/mol. The Bertz CT molecular complexity index is 697. The molecule has 2 aromatic carbocycles. The van der Waals surface area contributed by atoms with Gasteiger partial charge in [-0.1, -0.05) is 76.6 Å². The Morgan fingerprint density at radius 3 is 2.00 bits per heavy atom. The van der Waals surface area contributed by atoms with Gasteiger partial charge in [0.25, 0.3) is 0 Å². The minimum absolute atomic E-state index is 0.00333. The van der Waals surface area contributed by atoms with Gasteiger partial charge in [-0.25, -0.2) is 4.68 Å². The summed E-state index contributed by atoms with van der Waals surface area (Å²) in [4.78, 5) is 0.0864. The lowest BCUT2D eigenvalue weighted by Gasteiger charge is -2.24. The van der Waals surface area contributed by atoms with E-state index >= 15 is 0 Å². The number of aromatic nitrogens is 4. The molecule has 0 saturated heterocycles. The molecule has 0 aliphatic rings. The Morgan fingerprint density at radius 2 is 1.48 bits per heavy atom. The Hall–Kier alpha value is -2.01. The number of rotatable bonds is 4. The third-order valence-electron chi connectivity index (χ3n) is 3.46. The number of alkyl halides is 1. The standard InChI is InChI=1S/C16H15BrN4/c1-12-18-19-20-21(12)16(14-10-6-3-7-11-14)15(17)13-8-4-2-5-9-13/h2-11,15-16H,1H3/t15-,16+/m1/s1. The molecule has 21 heavy (non-hydrogen) atoms. The van der Waals surface area contributed by atoms with Crippen LogP contribution in [0.25, 0.3) is 0 Å². The number of halogens is 1. The van der Waals surface area contributed by atoms with Crippen molar-refractivity contribution in [2.45, 2.75) is 17.8 Å². The molecule has 3 rings (SSSR count). The van der Waals surface area contributed by atoms with Crippen LogP contribution >= 0.6 is 15.9 Å². The van der Waals surface area contributed by atoms with Crippen LogP contribution in [0.1, 0.15) is 27.8 Å². The molecule has 0 saturated carbocycles. The SMILES string of the molecule is Cc1nnnn1[C@@H](c1ccccc1)[C@H](Br)c1ccccc1. The van der Waals surface area contributed by atoms with Crippen LogP contribution in [-0.2, 0) is 0 Å². The molecule has 2 atom stereocenters. The second kappa shape index (κ2) is 6.18. The summed E-state index contributed by atoms with van der Waals surface area (Å²) in [5, 5.41) is 12.0. The number of tetrazole rings is 1. The van der Waals surface area contributed by atoms with E-state index in [9.17, 15) is 0 Å². The van der Waals surface area contributed by atoms with Gasteiger partial charge >= 0.3 is 0 Å². The van der Waals surface area contributed by atoms with E-state index in [1.807, 2.05) is 48.0 Å². The van der Waals surface area contributed by atoms with Crippen LogP contribution in [0.15, 0.2) is 60.7 Å². The van der Waals surface area contributed by atoms with Crippen molar-refractivity contribution in [2.75, 3.05) is 0 Å². The first-order chi connectivity index (χ1) is 10.3. The van der Waals surface area contributed by atoms with Crippen LogP contribution in [0.3, 0.4) is 0 Å². The maximum absolute atomic E-state index is 4.16. The number of hydrogen-bond donors (Lipinski definition) is 0. The summed E-state index contributed by atoms with van der Waals surface area (Å²) in [6.45, 7) is 1.92. The van der Waals surface area contributed by atoms with Gasteiger partial charge in [0.15, 0.2) is 0 Å². The molecular formula is C16H15BrN4. The zero-order valence-electron chi connectivity index (χ0n) is 11.6. The normalized spacial score (nSPS) is 13.8. The van der Waals surface area contributed by atoms with E-state index < -0.39 is 0 Å². The van der Waals surface area contributed by atoms with Crippen LogP contribution in [-0.4, -0.2) is 20.2 Å². The maximum atomic E-state index is 4.16. The monoisotopic (exact) mass is 342 g/mol. The molecule has 0 spiro atoms. The van der Waals surface area contributed by atoms with E-state index in [4.69, 9.17) is 0 Å². The fourth-order valence-corrected chi connectivity index (χ4v) is 3.23. The Kier molecular flexibility index (Phi) is 4.10. The van der Waals surface area contributed by atoms with Gasteiger partial charge in [0.05, 0.1) is 10.9 Å². The van der Waals surface area contributed by atoms with E-state index in [2.05, 4.69) is 55.7 Å². The van der Waals surface area contributed by atoms with Gasteiger partial charge in [-0.2, -0.15) is 0 Å². The number of hydrogen-bond acceptors (Lipinski definition) is 3. The van der Waals surface area contributed by atoms with Gasteiger partial charge in [0.2, 0.25) is 0 Å². The van der Waals surface area contributed by atoms with Gasteiger partial charge < -0.3 is 0 Å². The van der Waals surface area contributed by atoms with Gasteiger partial charge in [-0.15, -0.1) is 5.10 Å². The van der Waals surface area contributed by atoms with Crippen molar-refractivity contribution in [1.29, 1.82) is 0 Å². The molecule has 1 aromatic heterocycles. The quantitative estimate of drug-likeness (QED) is 0.679. The van der Waals surface area contributed by atoms with Crippen LogP contribution < -0.4 is 0 Å². The summed E-state index contributed by atoms with van der Waals surface area (Å²) in [6.07, 6.45) is 0. The molecule has 0 aliphatic carbocycles. The largest absolute Gasteiger partial charge is 0.221 e. The van der Waals surface area contributed by atoms with Crippen molar-refractivity contribution in [3.63, 3.8) is 0 Å². The molecule has 4 nitrogen and oxygen atoms in total. The highest BCUT2D eigenvalue weighted by molar-refractivity contribution is 9.09. The highest BCUT2D eigenvalue weighted by Crippen LogP contribution is 2.38. The fourth-order valence-electron chi connectivity index (χ4n) is 2.40. The molecule has 0 N–H and O–H groups in total. The third-order valence-corrected chi connectivity index (χ3v) is 4.49. The van der Waals surface area contributed by atoms with E-state index in [0.29, 0.717) is 0 Å². The highest BCUT2D eigenvalue weighted by atomic mass is 79.9. The molecule has 5 heteroatoms. The minimum atomic E-state index is 0.00333. The molecule has 3 aromatic rings. The molecule has 0 amide bonds. The lowest BCUT2D eigenvalue weighted by atomic mass is 9.99. The first-order valence-corrected chi connectivity index (χ1v) is 7.67. The van der Waals surface area contributed by atoms with Crippen molar-refractivity contribution < 1.29 is 0 Å². The number of benzene rings is 2. The van der Waals surface area contributed by atoms with Crippen molar-refractivity contribution in [3.05, 3.63) is 77.6 Å².